The highest BCUT2D eigenvalue weighted by Crippen LogP contribution is 2.60. The largest absolute Gasteiger partial charge is 0.355 e. The Morgan fingerprint density at radius 3 is 2.41 bits per heavy atom. The Morgan fingerprint density at radius 2 is 1.72 bits per heavy atom. The number of fused-ring (bicyclic) bond motifs is 1. The van der Waals surface area contributed by atoms with E-state index in [0.29, 0.717) is 28.7 Å². The molecule has 4 fully saturated rings. The summed E-state index contributed by atoms with van der Waals surface area (Å²) in [6, 6.07) is 7.00. The number of nitrogens with zero attached hydrogens (tertiary/aromatic N) is 2. The van der Waals surface area contributed by atoms with Gasteiger partial charge in [-0.05, 0) is 68.4 Å². The number of benzene rings is 1. The SMILES string of the molecule is O=C(CCNC(=O)C12CC3CC(CC(C3)C1)C2)Nn1cnc2ccccc2c1=O. The average molecular weight is 394 g/mol. The predicted octanol–water partition coefficient (Wildman–Crippen LogP) is 2.19. The molecule has 6 rings (SSSR count). The van der Waals surface area contributed by atoms with Crippen molar-refractivity contribution in [3.8, 4) is 0 Å². The van der Waals surface area contributed by atoms with Crippen LogP contribution in [-0.2, 0) is 9.59 Å². The molecule has 4 aliphatic carbocycles. The molecule has 1 heterocycles. The highest BCUT2D eigenvalue weighted by molar-refractivity contribution is 5.86. The van der Waals surface area contributed by atoms with Gasteiger partial charge in [-0.1, -0.05) is 12.1 Å². The maximum Gasteiger partial charge on any atom is 0.280 e. The number of hydrogen-bond donors (Lipinski definition) is 2. The molecule has 7 nitrogen and oxygen atoms in total. The van der Waals surface area contributed by atoms with Crippen LogP contribution in [0.15, 0.2) is 35.4 Å². The molecule has 2 aromatic rings. The van der Waals surface area contributed by atoms with Crippen LogP contribution in [-0.4, -0.2) is 28.0 Å². The molecule has 4 aliphatic rings. The lowest BCUT2D eigenvalue weighted by Crippen LogP contribution is -2.53. The van der Waals surface area contributed by atoms with Gasteiger partial charge in [-0.3, -0.25) is 19.8 Å². The average Bonchev–Trinajstić information content (AvgIpc) is 2.69. The normalized spacial score (nSPS) is 29.7. The van der Waals surface area contributed by atoms with Crippen molar-refractivity contribution in [1.82, 2.24) is 15.0 Å². The van der Waals surface area contributed by atoms with Crippen molar-refractivity contribution in [2.45, 2.75) is 44.9 Å². The van der Waals surface area contributed by atoms with E-state index < -0.39 is 0 Å². The first-order valence-corrected chi connectivity index (χ1v) is 10.6. The molecule has 0 spiro atoms. The molecule has 2 N–H and O–H groups in total. The molecule has 29 heavy (non-hydrogen) atoms. The van der Waals surface area contributed by atoms with Gasteiger partial charge in [0.25, 0.3) is 5.56 Å². The molecular weight excluding hydrogens is 368 g/mol. The van der Waals surface area contributed by atoms with Crippen LogP contribution in [0.3, 0.4) is 0 Å². The second kappa shape index (κ2) is 6.97. The van der Waals surface area contributed by atoms with Gasteiger partial charge in [-0.25, -0.2) is 9.66 Å². The van der Waals surface area contributed by atoms with Gasteiger partial charge >= 0.3 is 0 Å². The van der Waals surface area contributed by atoms with E-state index in [-0.39, 0.29) is 35.8 Å². The van der Waals surface area contributed by atoms with Crippen LogP contribution < -0.4 is 16.3 Å². The van der Waals surface area contributed by atoms with E-state index in [1.165, 1.54) is 25.6 Å². The third-order valence-electron chi connectivity index (χ3n) is 7.07. The summed E-state index contributed by atoms with van der Waals surface area (Å²) in [6.45, 7) is 0.280. The Morgan fingerprint density at radius 1 is 1.07 bits per heavy atom. The Kier molecular flexibility index (Phi) is 4.41. The van der Waals surface area contributed by atoms with E-state index in [2.05, 4.69) is 15.7 Å². The van der Waals surface area contributed by atoms with Crippen LogP contribution in [0.25, 0.3) is 10.9 Å². The van der Waals surface area contributed by atoms with Crippen molar-refractivity contribution in [2.24, 2.45) is 23.2 Å². The minimum Gasteiger partial charge on any atom is -0.355 e. The molecular formula is C22H26N4O3. The lowest BCUT2D eigenvalue weighted by Gasteiger charge is -2.55. The molecule has 2 amide bonds. The molecule has 0 atom stereocenters. The number of rotatable bonds is 5. The summed E-state index contributed by atoms with van der Waals surface area (Å²) in [5, 5.41) is 3.45. The minimum absolute atomic E-state index is 0.119. The summed E-state index contributed by atoms with van der Waals surface area (Å²) in [6.07, 6.45) is 8.35. The molecule has 0 saturated heterocycles. The number of carbonyl (C=O) groups is 2. The Bertz CT molecular complexity index is 993. The fourth-order valence-corrected chi connectivity index (χ4v) is 6.20. The number of hydrogen-bond acceptors (Lipinski definition) is 4. The number of para-hydroxylation sites is 1. The van der Waals surface area contributed by atoms with Crippen LogP contribution in [0.4, 0.5) is 0 Å². The number of carbonyl (C=O) groups excluding carboxylic acids is 2. The molecule has 0 unspecified atom stereocenters. The van der Waals surface area contributed by atoms with Gasteiger partial charge in [0.15, 0.2) is 0 Å². The van der Waals surface area contributed by atoms with E-state index in [0.717, 1.165) is 23.9 Å². The van der Waals surface area contributed by atoms with E-state index >= 15 is 0 Å². The molecule has 152 valence electrons. The van der Waals surface area contributed by atoms with Crippen LogP contribution in [0.1, 0.15) is 44.9 Å². The van der Waals surface area contributed by atoms with Gasteiger partial charge in [0.05, 0.1) is 10.9 Å². The molecule has 1 aromatic carbocycles. The number of amides is 2. The van der Waals surface area contributed by atoms with Gasteiger partial charge in [0, 0.05) is 18.4 Å². The standard InChI is InChI=1S/C22H26N4O3/c27-19(25-26-13-24-18-4-2-1-3-17(18)20(26)28)5-6-23-21(29)22-10-14-7-15(11-22)9-16(8-14)12-22/h1-4,13-16H,5-12H2,(H,23,29)(H,25,27). The highest BCUT2D eigenvalue weighted by Gasteiger charge is 2.54. The smallest absolute Gasteiger partial charge is 0.280 e. The maximum absolute atomic E-state index is 12.9. The fraction of sp³-hybridized carbons (Fsp3) is 0.545. The topological polar surface area (TPSA) is 93.1 Å². The van der Waals surface area contributed by atoms with Crippen LogP contribution in [0, 0.1) is 23.2 Å². The molecule has 4 saturated carbocycles. The Labute approximate surface area is 168 Å². The fourth-order valence-electron chi connectivity index (χ4n) is 6.20. The van der Waals surface area contributed by atoms with Gasteiger partial charge in [-0.2, -0.15) is 0 Å². The van der Waals surface area contributed by atoms with Crippen molar-refractivity contribution in [3.05, 3.63) is 40.9 Å². The van der Waals surface area contributed by atoms with Gasteiger partial charge in [0.2, 0.25) is 11.8 Å². The van der Waals surface area contributed by atoms with Crippen LogP contribution in [0.2, 0.25) is 0 Å². The third kappa shape index (κ3) is 3.32. The first kappa shape index (κ1) is 18.3. The highest BCUT2D eigenvalue weighted by atomic mass is 16.2. The van der Waals surface area contributed by atoms with Crippen molar-refractivity contribution in [1.29, 1.82) is 0 Å². The summed E-state index contributed by atoms with van der Waals surface area (Å²) < 4.78 is 1.10. The van der Waals surface area contributed by atoms with E-state index in [1.807, 2.05) is 6.07 Å². The van der Waals surface area contributed by atoms with Crippen molar-refractivity contribution in [2.75, 3.05) is 12.0 Å². The minimum atomic E-state index is -0.324. The molecule has 0 radical (unpaired) electrons. The molecule has 4 bridgehead atoms. The summed E-state index contributed by atoms with van der Waals surface area (Å²) in [5.41, 5.74) is 2.63. The van der Waals surface area contributed by atoms with E-state index in [9.17, 15) is 14.4 Å². The lowest BCUT2D eigenvalue weighted by atomic mass is 9.49. The van der Waals surface area contributed by atoms with E-state index in [1.54, 1.807) is 18.2 Å². The lowest BCUT2D eigenvalue weighted by molar-refractivity contribution is -0.146. The summed E-state index contributed by atoms with van der Waals surface area (Å²) in [4.78, 5) is 41.8. The van der Waals surface area contributed by atoms with Gasteiger partial charge < -0.3 is 5.32 Å². The summed E-state index contributed by atoms with van der Waals surface area (Å²) in [7, 11) is 0. The monoisotopic (exact) mass is 394 g/mol. The number of nitrogens with one attached hydrogen (secondary N) is 2. The zero-order valence-electron chi connectivity index (χ0n) is 16.4. The molecule has 1 aromatic heterocycles. The first-order valence-electron chi connectivity index (χ1n) is 10.6. The molecule has 7 heteroatoms. The van der Waals surface area contributed by atoms with Crippen LogP contribution >= 0.6 is 0 Å². The molecule has 0 aliphatic heterocycles. The predicted molar refractivity (Wildman–Crippen MR) is 109 cm³/mol. The second-order valence-electron chi connectivity index (χ2n) is 9.18. The zero-order valence-corrected chi connectivity index (χ0v) is 16.4. The van der Waals surface area contributed by atoms with Gasteiger partial charge in [0.1, 0.15) is 6.33 Å². The maximum atomic E-state index is 12.9. The third-order valence-corrected chi connectivity index (χ3v) is 7.07. The van der Waals surface area contributed by atoms with Crippen LogP contribution in [0.5, 0.6) is 0 Å². The number of aromatic nitrogens is 2. The van der Waals surface area contributed by atoms with Crippen molar-refractivity contribution >= 4 is 22.7 Å². The van der Waals surface area contributed by atoms with E-state index in [4.69, 9.17) is 0 Å². The Hall–Kier alpha value is -2.70. The zero-order chi connectivity index (χ0) is 20.0. The van der Waals surface area contributed by atoms with Crippen molar-refractivity contribution < 1.29 is 9.59 Å². The van der Waals surface area contributed by atoms with Crippen molar-refractivity contribution in [3.63, 3.8) is 0 Å². The summed E-state index contributed by atoms with van der Waals surface area (Å²) in [5.74, 6) is 1.93. The van der Waals surface area contributed by atoms with Gasteiger partial charge in [-0.15, -0.1) is 0 Å². The quantitative estimate of drug-likeness (QED) is 0.813. The first-order chi connectivity index (χ1) is 14.0. The Balaban J connectivity index is 1.17. The second-order valence-corrected chi connectivity index (χ2v) is 9.18. The summed E-state index contributed by atoms with van der Waals surface area (Å²) >= 11 is 0.